The van der Waals surface area contributed by atoms with Crippen molar-refractivity contribution in [1.29, 1.82) is 0 Å². The second-order valence-corrected chi connectivity index (χ2v) is 12.3. The molecule has 2 amide bonds. The molecule has 0 saturated heterocycles. The summed E-state index contributed by atoms with van der Waals surface area (Å²) in [6, 6.07) is 31.1. The smallest absolute Gasteiger partial charge is 0.264 e. The van der Waals surface area contributed by atoms with Crippen LogP contribution in [0.5, 0.6) is 0 Å². The van der Waals surface area contributed by atoms with Gasteiger partial charge >= 0.3 is 0 Å². The van der Waals surface area contributed by atoms with Gasteiger partial charge in [0.2, 0.25) is 0 Å². The number of allylic oxidation sites excluding steroid dienone is 1. The van der Waals surface area contributed by atoms with Gasteiger partial charge in [0, 0.05) is 40.5 Å². The predicted octanol–water partition coefficient (Wildman–Crippen LogP) is 6.33. The largest absolute Gasteiger partial charge is 0.395 e. The predicted molar refractivity (Wildman–Crippen MR) is 186 cm³/mol. The van der Waals surface area contributed by atoms with Crippen LogP contribution in [0.25, 0.3) is 0 Å². The van der Waals surface area contributed by atoms with E-state index < -0.39 is 17.4 Å². The van der Waals surface area contributed by atoms with E-state index in [1.807, 2.05) is 85.9 Å². The van der Waals surface area contributed by atoms with Crippen LogP contribution in [0.4, 0.5) is 11.4 Å². The maximum absolute atomic E-state index is 14.0. The number of nitrogens with one attached hydrogen (secondary N) is 1. The Bertz CT molecular complexity index is 1910. The second kappa shape index (κ2) is 14.4. The highest BCUT2D eigenvalue weighted by molar-refractivity contribution is 6.31. The number of hydrogen-bond donors (Lipinski definition) is 3. The van der Waals surface area contributed by atoms with E-state index in [1.165, 1.54) is 0 Å². The number of carbonyl (C=O) groups excluding carboxylic acids is 2. The quantitative estimate of drug-likeness (QED) is 0.135. The first-order valence-corrected chi connectivity index (χ1v) is 16.2. The maximum Gasteiger partial charge on any atom is 0.264 e. The van der Waals surface area contributed by atoms with Crippen molar-refractivity contribution in [3.8, 4) is 0 Å². The van der Waals surface area contributed by atoms with E-state index in [2.05, 4.69) is 15.6 Å². The van der Waals surface area contributed by atoms with Gasteiger partial charge in [0.1, 0.15) is 0 Å². The molecule has 1 aromatic heterocycles. The number of benzene rings is 4. The van der Waals surface area contributed by atoms with Crippen molar-refractivity contribution >= 4 is 34.8 Å². The van der Waals surface area contributed by atoms with Crippen molar-refractivity contribution in [3.63, 3.8) is 0 Å². The number of aliphatic hydroxyl groups excluding tert-OH is 1. The summed E-state index contributed by atoms with van der Waals surface area (Å²) in [4.78, 5) is 28.1. The zero-order valence-electron chi connectivity index (χ0n) is 26.4. The molecule has 6 rings (SSSR count). The molecule has 5 aromatic rings. The zero-order valence-corrected chi connectivity index (χ0v) is 27.2. The molecule has 3 atom stereocenters. The van der Waals surface area contributed by atoms with Gasteiger partial charge in [0.25, 0.3) is 11.8 Å². The summed E-state index contributed by atoms with van der Waals surface area (Å²) in [5.74, 6) is -1.46. The van der Waals surface area contributed by atoms with Crippen molar-refractivity contribution in [3.05, 3.63) is 154 Å². The van der Waals surface area contributed by atoms with E-state index >= 15 is 0 Å². The molecule has 48 heavy (non-hydrogen) atoms. The molecular weight excluding hydrogens is 626 g/mol. The average molecular weight is 662 g/mol. The van der Waals surface area contributed by atoms with Crippen LogP contribution in [0.1, 0.15) is 52.0 Å². The van der Waals surface area contributed by atoms with E-state index in [9.17, 15) is 19.8 Å². The molecule has 1 unspecified atom stereocenters. The fourth-order valence-electron chi connectivity index (χ4n) is 6.03. The Morgan fingerprint density at radius 1 is 1.00 bits per heavy atom. The van der Waals surface area contributed by atoms with Crippen molar-refractivity contribution in [2.45, 2.75) is 38.0 Å². The monoisotopic (exact) mass is 661 g/mol. The van der Waals surface area contributed by atoms with E-state index in [1.54, 1.807) is 52.0 Å². The van der Waals surface area contributed by atoms with Gasteiger partial charge < -0.3 is 20.4 Å². The molecule has 244 valence electrons. The van der Waals surface area contributed by atoms with Crippen molar-refractivity contribution < 1.29 is 19.8 Å². The zero-order chi connectivity index (χ0) is 33.7. The molecule has 10 heteroatoms. The van der Waals surface area contributed by atoms with Crippen LogP contribution in [-0.4, -0.2) is 43.6 Å². The number of halogens is 1. The fraction of sp³-hybridized carbons (Fsp3) is 0.211. The number of rotatable bonds is 12. The van der Waals surface area contributed by atoms with E-state index in [-0.39, 0.29) is 25.0 Å². The number of anilines is 2. The lowest BCUT2D eigenvalue weighted by atomic mass is 9.83. The molecule has 1 aliphatic rings. The number of aryl methyl sites for hydroxylation is 1. The Morgan fingerprint density at radius 3 is 2.42 bits per heavy atom. The first-order chi connectivity index (χ1) is 23.3. The van der Waals surface area contributed by atoms with Crippen LogP contribution in [0.3, 0.4) is 0 Å². The highest BCUT2D eigenvalue weighted by Crippen LogP contribution is 2.46. The van der Waals surface area contributed by atoms with Gasteiger partial charge in [0.15, 0.2) is 5.60 Å². The van der Waals surface area contributed by atoms with Gasteiger partial charge in [-0.15, -0.1) is 5.10 Å². The number of hydrogen-bond acceptors (Lipinski definition) is 6. The number of fused-ring (bicyclic) bond motifs is 1. The van der Waals surface area contributed by atoms with Crippen LogP contribution >= 0.6 is 11.6 Å². The minimum absolute atomic E-state index is 0.0759. The van der Waals surface area contributed by atoms with E-state index in [0.717, 1.165) is 11.1 Å². The summed E-state index contributed by atoms with van der Waals surface area (Å²) in [6.07, 6.45) is 6.19. The molecule has 1 aliphatic heterocycles. The Hall–Kier alpha value is -5.09. The number of carbonyl (C=O) groups is 2. The van der Waals surface area contributed by atoms with Crippen LogP contribution in [-0.2, 0) is 23.5 Å². The highest BCUT2D eigenvalue weighted by atomic mass is 35.5. The van der Waals surface area contributed by atoms with E-state index in [4.69, 9.17) is 11.6 Å². The molecule has 0 bridgehead atoms. The summed E-state index contributed by atoms with van der Waals surface area (Å²) in [5, 5.41) is 33.8. The number of amides is 2. The molecule has 2 heterocycles. The summed E-state index contributed by atoms with van der Waals surface area (Å²) < 4.78 is 1.72. The summed E-state index contributed by atoms with van der Waals surface area (Å²) in [5.41, 5.74) is 2.92. The minimum Gasteiger partial charge on any atom is -0.395 e. The highest BCUT2D eigenvalue weighted by Gasteiger charge is 2.52. The summed E-state index contributed by atoms with van der Waals surface area (Å²) >= 11 is 6.36. The second-order valence-electron chi connectivity index (χ2n) is 11.9. The molecule has 0 spiro atoms. The minimum atomic E-state index is -1.81. The molecule has 0 radical (unpaired) electrons. The molecule has 9 nitrogen and oxygen atoms in total. The van der Waals surface area contributed by atoms with Crippen LogP contribution in [0, 0.1) is 5.92 Å². The molecule has 3 N–H and O–H groups in total. The standard InChI is InChI=1S/C38H36ClN5O4/c1-26(10-8-9-21-43-24-34(41-42-43)32(25-45)28-11-4-2-5-12-28)38(48)33-22-30(39)17-20-35(33)44(37(38)47)23-27-15-18-31(19-16-27)40-36(46)29-13-6-3-7-14-29/h2-8,10-20,22,24,26,32,45,48H,9,21,23,25H2,1H3,(H,40,46)/b10-8+/t26-,32?,38+/m0/s1. The number of aliphatic hydroxyl groups is 2. The Balaban J connectivity index is 1.12. The van der Waals surface area contributed by atoms with E-state index in [0.29, 0.717) is 46.2 Å². The Labute approximate surface area is 284 Å². The molecule has 0 saturated carbocycles. The van der Waals surface area contributed by atoms with Crippen LogP contribution in [0.2, 0.25) is 5.02 Å². The SMILES string of the molecule is C[C@@H](/C=C/CCn1cc(C(CO)c2ccccc2)nn1)[C@]1(O)C(=O)N(Cc2ccc(NC(=O)c3ccccc3)cc2)c2ccc(Cl)cc21. The lowest BCUT2D eigenvalue weighted by molar-refractivity contribution is -0.139. The Morgan fingerprint density at radius 2 is 1.71 bits per heavy atom. The lowest BCUT2D eigenvalue weighted by Crippen LogP contribution is -2.44. The van der Waals surface area contributed by atoms with Gasteiger partial charge in [-0.25, -0.2) is 0 Å². The third kappa shape index (κ3) is 6.80. The van der Waals surface area contributed by atoms with Crippen molar-refractivity contribution in [2.24, 2.45) is 5.92 Å². The summed E-state index contributed by atoms with van der Waals surface area (Å²) in [7, 11) is 0. The first kappa shape index (κ1) is 32.8. The summed E-state index contributed by atoms with van der Waals surface area (Å²) in [6.45, 7) is 2.50. The van der Waals surface area contributed by atoms with Gasteiger partial charge in [-0.05, 0) is 60.0 Å². The number of aromatic nitrogens is 3. The Kier molecular flexibility index (Phi) is 9.82. The third-order valence-corrected chi connectivity index (χ3v) is 8.96. The lowest BCUT2D eigenvalue weighted by Gasteiger charge is -2.27. The van der Waals surface area contributed by atoms with Gasteiger partial charge in [-0.2, -0.15) is 0 Å². The third-order valence-electron chi connectivity index (χ3n) is 8.73. The van der Waals surface area contributed by atoms with Gasteiger partial charge in [-0.3, -0.25) is 14.3 Å². The molecule has 0 fully saturated rings. The maximum atomic E-state index is 14.0. The molecule has 0 aliphatic carbocycles. The van der Waals surface area contributed by atoms with Crippen LogP contribution in [0.15, 0.2) is 121 Å². The van der Waals surface area contributed by atoms with Gasteiger partial charge in [0.05, 0.1) is 30.5 Å². The molecular formula is C38H36ClN5O4. The molecule has 4 aromatic carbocycles. The topological polar surface area (TPSA) is 121 Å². The first-order valence-electron chi connectivity index (χ1n) is 15.8. The van der Waals surface area contributed by atoms with Gasteiger partial charge in [-0.1, -0.05) is 96.6 Å². The average Bonchev–Trinajstić information content (AvgIpc) is 3.66. The number of nitrogens with zero attached hydrogens (tertiary/aromatic N) is 4. The van der Waals surface area contributed by atoms with Crippen LogP contribution < -0.4 is 10.2 Å². The van der Waals surface area contributed by atoms with Crippen molar-refractivity contribution in [1.82, 2.24) is 15.0 Å². The van der Waals surface area contributed by atoms with Crippen molar-refractivity contribution in [2.75, 3.05) is 16.8 Å². The normalized spacial score (nSPS) is 17.0. The fourth-order valence-corrected chi connectivity index (χ4v) is 6.20.